The van der Waals surface area contributed by atoms with Crippen molar-refractivity contribution in [3.8, 4) is 0 Å². The number of para-hydroxylation sites is 1. The summed E-state index contributed by atoms with van der Waals surface area (Å²) in [6.07, 6.45) is 1.56. The van der Waals surface area contributed by atoms with E-state index in [-0.39, 0.29) is 18.3 Å². The van der Waals surface area contributed by atoms with Gasteiger partial charge in [0.2, 0.25) is 11.8 Å². The predicted molar refractivity (Wildman–Crippen MR) is 87.7 cm³/mol. The third-order valence-electron chi connectivity index (χ3n) is 4.64. The van der Waals surface area contributed by atoms with Gasteiger partial charge in [-0.3, -0.25) is 4.79 Å². The fourth-order valence-corrected chi connectivity index (χ4v) is 3.49. The molecule has 0 saturated carbocycles. The molecule has 2 aliphatic heterocycles. The van der Waals surface area contributed by atoms with Gasteiger partial charge in [-0.2, -0.15) is 4.98 Å². The summed E-state index contributed by atoms with van der Waals surface area (Å²) in [6.45, 7) is 3.88. The molecule has 6 nitrogen and oxygen atoms in total. The van der Waals surface area contributed by atoms with E-state index in [1.165, 1.54) is 0 Å². The Balaban J connectivity index is 0.00000156. The van der Waals surface area contributed by atoms with E-state index in [9.17, 15) is 4.79 Å². The first-order chi connectivity index (χ1) is 10.7. The second-order valence-electron chi connectivity index (χ2n) is 5.88. The zero-order valence-corrected chi connectivity index (χ0v) is 13.7. The van der Waals surface area contributed by atoms with Crippen molar-refractivity contribution in [2.24, 2.45) is 0 Å². The summed E-state index contributed by atoms with van der Waals surface area (Å²) in [5, 5.41) is 7.24. The van der Waals surface area contributed by atoms with Gasteiger partial charge in [0.05, 0.1) is 5.41 Å². The van der Waals surface area contributed by atoms with Crippen molar-refractivity contribution in [1.82, 2.24) is 15.5 Å². The summed E-state index contributed by atoms with van der Waals surface area (Å²) in [5.74, 6) is 1.30. The fourth-order valence-electron chi connectivity index (χ4n) is 3.49. The maximum absolute atomic E-state index is 13.1. The molecule has 1 aromatic carbocycles. The standard InChI is InChI=1S/C16H18N4O2.ClH/c1-2-13-18-14(22-19-13)9-20-12-6-4-3-5-11(12)16(15(20)21)7-8-17-10-16;/h3-6,17H,2,7-10H2,1H3;1H. The van der Waals surface area contributed by atoms with Gasteiger partial charge in [0.1, 0.15) is 6.54 Å². The monoisotopic (exact) mass is 334 g/mol. The lowest BCUT2D eigenvalue weighted by atomic mass is 9.81. The summed E-state index contributed by atoms with van der Waals surface area (Å²) >= 11 is 0. The van der Waals surface area contributed by atoms with Gasteiger partial charge >= 0.3 is 0 Å². The molecule has 1 spiro atoms. The Hall–Kier alpha value is -1.92. The molecular formula is C16H19ClN4O2. The van der Waals surface area contributed by atoms with Crippen LogP contribution in [0, 0.1) is 0 Å². The molecule has 1 amide bonds. The van der Waals surface area contributed by atoms with Gasteiger partial charge in [-0.05, 0) is 24.6 Å². The van der Waals surface area contributed by atoms with Crippen LogP contribution in [-0.2, 0) is 23.2 Å². The average molecular weight is 335 g/mol. The number of carbonyl (C=O) groups is 1. The fraction of sp³-hybridized carbons (Fsp3) is 0.438. The van der Waals surface area contributed by atoms with Crippen LogP contribution in [-0.4, -0.2) is 29.1 Å². The third-order valence-corrected chi connectivity index (χ3v) is 4.64. The molecule has 1 unspecified atom stereocenters. The van der Waals surface area contributed by atoms with Crippen LogP contribution < -0.4 is 10.2 Å². The first-order valence-electron chi connectivity index (χ1n) is 7.68. The van der Waals surface area contributed by atoms with Gasteiger partial charge in [-0.1, -0.05) is 30.3 Å². The first-order valence-corrected chi connectivity index (χ1v) is 7.68. The molecule has 23 heavy (non-hydrogen) atoms. The summed E-state index contributed by atoms with van der Waals surface area (Å²) in [6, 6.07) is 8.02. The van der Waals surface area contributed by atoms with Gasteiger partial charge < -0.3 is 14.7 Å². The number of hydrogen-bond acceptors (Lipinski definition) is 5. The minimum atomic E-state index is -0.426. The van der Waals surface area contributed by atoms with Crippen LogP contribution in [0.25, 0.3) is 0 Å². The summed E-state index contributed by atoms with van der Waals surface area (Å²) in [5.41, 5.74) is 1.65. The van der Waals surface area contributed by atoms with Gasteiger partial charge in [-0.25, -0.2) is 0 Å². The number of aryl methyl sites for hydroxylation is 1. The second-order valence-corrected chi connectivity index (χ2v) is 5.88. The van der Waals surface area contributed by atoms with Gasteiger partial charge in [-0.15, -0.1) is 12.4 Å². The number of aromatic nitrogens is 2. The lowest BCUT2D eigenvalue weighted by Crippen LogP contribution is -2.41. The zero-order chi connectivity index (χ0) is 15.2. The highest BCUT2D eigenvalue weighted by molar-refractivity contribution is 6.08. The molecule has 122 valence electrons. The SMILES string of the molecule is CCc1noc(CN2C(=O)C3(CCNC3)c3ccccc32)n1.Cl. The van der Waals surface area contributed by atoms with Crippen LogP contribution in [0.15, 0.2) is 28.8 Å². The van der Waals surface area contributed by atoms with Crippen molar-refractivity contribution in [3.05, 3.63) is 41.5 Å². The molecule has 1 aromatic heterocycles. The van der Waals surface area contributed by atoms with E-state index >= 15 is 0 Å². The summed E-state index contributed by atoms with van der Waals surface area (Å²) in [7, 11) is 0. The molecule has 3 heterocycles. The van der Waals surface area contributed by atoms with E-state index in [2.05, 4.69) is 21.5 Å². The molecule has 1 saturated heterocycles. The number of amides is 1. The van der Waals surface area contributed by atoms with Crippen molar-refractivity contribution < 1.29 is 9.32 Å². The Morgan fingerprint density at radius 2 is 2.22 bits per heavy atom. The molecule has 2 aliphatic rings. The van der Waals surface area contributed by atoms with Crippen LogP contribution in [0.4, 0.5) is 5.69 Å². The molecular weight excluding hydrogens is 316 g/mol. The Bertz CT molecular complexity index is 724. The topological polar surface area (TPSA) is 71.3 Å². The van der Waals surface area contributed by atoms with E-state index in [0.29, 0.717) is 24.8 Å². The molecule has 0 bridgehead atoms. The summed E-state index contributed by atoms with van der Waals surface area (Å²) in [4.78, 5) is 19.2. The van der Waals surface area contributed by atoms with Crippen LogP contribution in [0.5, 0.6) is 0 Å². The number of halogens is 1. The number of anilines is 1. The van der Waals surface area contributed by atoms with Crippen molar-refractivity contribution in [2.75, 3.05) is 18.0 Å². The molecule has 0 aliphatic carbocycles. The van der Waals surface area contributed by atoms with E-state index in [0.717, 1.165) is 30.6 Å². The lowest BCUT2D eigenvalue weighted by molar-refractivity contribution is -0.122. The average Bonchev–Trinajstić information content (AvgIpc) is 3.25. The number of hydrogen-bond donors (Lipinski definition) is 1. The second kappa shape index (κ2) is 5.94. The quantitative estimate of drug-likeness (QED) is 0.927. The predicted octanol–water partition coefficient (Wildman–Crippen LogP) is 1.83. The van der Waals surface area contributed by atoms with E-state index < -0.39 is 5.41 Å². The van der Waals surface area contributed by atoms with Crippen molar-refractivity contribution >= 4 is 24.0 Å². The van der Waals surface area contributed by atoms with E-state index in [1.54, 1.807) is 4.90 Å². The largest absolute Gasteiger partial charge is 0.337 e. The third kappa shape index (κ3) is 2.33. The van der Waals surface area contributed by atoms with E-state index in [1.807, 2.05) is 25.1 Å². The Morgan fingerprint density at radius 3 is 2.91 bits per heavy atom. The number of fused-ring (bicyclic) bond motifs is 2. The Labute approximate surface area is 140 Å². The molecule has 7 heteroatoms. The number of rotatable bonds is 3. The minimum Gasteiger partial charge on any atom is -0.337 e. The van der Waals surface area contributed by atoms with Crippen LogP contribution in [0.3, 0.4) is 0 Å². The highest BCUT2D eigenvalue weighted by Crippen LogP contribution is 2.45. The minimum absolute atomic E-state index is 0. The van der Waals surface area contributed by atoms with Crippen molar-refractivity contribution in [2.45, 2.75) is 31.7 Å². The first kappa shape index (κ1) is 16.0. The lowest BCUT2D eigenvalue weighted by Gasteiger charge is -2.21. The molecule has 2 aromatic rings. The van der Waals surface area contributed by atoms with Gasteiger partial charge in [0.15, 0.2) is 5.82 Å². The van der Waals surface area contributed by atoms with Crippen LogP contribution in [0.1, 0.15) is 30.6 Å². The highest BCUT2D eigenvalue weighted by Gasteiger charge is 2.52. The van der Waals surface area contributed by atoms with Crippen molar-refractivity contribution in [1.29, 1.82) is 0 Å². The maximum atomic E-state index is 13.1. The molecule has 0 radical (unpaired) electrons. The normalized spacial score (nSPS) is 22.5. The maximum Gasteiger partial charge on any atom is 0.246 e. The molecule has 1 atom stereocenters. The van der Waals surface area contributed by atoms with Crippen LogP contribution in [0.2, 0.25) is 0 Å². The number of nitrogens with one attached hydrogen (secondary N) is 1. The summed E-state index contributed by atoms with van der Waals surface area (Å²) < 4.78 is 5.26. The molecule has 4 rings (SSSR count). The molecule has 1 N–H and O–H groups in total. The van der Waals surface area contributed by atoms with Crippen molar-refractivity contribution in [3.63, 3.8) is 0 Å². The number of nitrogens with zero attached hydrogens (tertiary/aromatic N) is 3. The smallest absolute Gasteiger partial charge is 0.246 e. The Kier molecular flexibility index (Phi) is 4.12. The zero-order valence-electron chi connectivity index (χ0n) is 12.9. The number of benzene rings is 1. The molecule has 1 fully saturated rings. The van der Waals surface area contributed by atoms with Gasteiger partial charge in [0.25, 0.3) is 0 Å². The van der Waals surface area contributed by atoms with E-state index in [4.69, 9.17) is 4.52 Å². The van der Waals surface area contributed by atoms with Gasteiger partial charge in [0, 0.05) is 18.7 Å². The number of carbonyl (C=O) groups excluding carboxylic acids is 1. The highest BCUT2D eigenvalue weighted by atomic mass is 35.5. The van der Waals surface area contributed by atoms with Crippen LogP contribution >= 0.6 is 12.4 Å². The Morgan fingerprint density at radius 1 is 1.39 bits per heavy atom.